The van der Waals surface area contributed by atoms with Crippen molar-refractivity contribution in [2.24, 2.45) is 0 Å². The number of hydrogen-bond donors (Lipinski definition) is 0. The number of esters is 1. The van der Waals surface area contributed by atoms with Crippen LogP contribution in [0.5, 0.6) is 0 Å². The lowest BCUT2D eigenvalue weighted by Crippen LogP contribution is -2.03. The van der Waals surface area contributed by atoms with Crippen LogP contribution in [0.25, 0.3) is 11.5 Å². The van der Waals surface area contributed by atoms with E-state index in [1.165, 1.54) is 19.6 Å². The molecule has 0 saturated heterocycles. The molecule has 108 valence electrons. The van der Waals surface area contributed by atoms with Crippen LogP contribution in [0.15, 0.2) is 33.7 Å². The largest absolute Gasteiger partial charge is 0.472 e. The van der Waals surface area contributed by atoms with Crippen LogP contribution in [0.2, 0.25) is 0 Å². The van der Waals surface area contributed by atoms with Crippen molar-refractivity contribution in [1.29, 1.82) is 0 Å². The van der Waals surface area contributed by atoms with E-state index < -0.39 is 5.97 Å². The SMILES string of the molecule is COC(=O)c1cn(Cc2noc(-c3ccoc3)n2)c(C)n1. The van der Waals surface area contributed by atoms with E-state index in [1.54, 1.807) is 23.8 Å². The zero-order valence-electron chi connectivity index (χ0n) is 11.4. The molecule has 0 bridgehead atoms. The highest BCUT2D eigenvalue weighted by atomic mass is 16.5. The lowest BCUT2D eigenvalue weighted by Gasteiger charge is -1.98. The molecule has 3 rings (SSSR count). The lowest BCUT2D eigenvalue weighted by molar-refractivity contribution is 0.0594. The highest BCUT2D eigenvalue weighted by Gasteiger charge is 2.15. The number of hydrogen-bond acceptors (Lipinski definition) is 7. The molecule has 0 radical (unpaired) electrons. The summed E-state index contributed by atoms with van der Waals surface area (Å²) < 4.78 is 16.5. The predicted molar refractivity (Wildman–Crippen MR) is 69.4 cm³/mol. The van der Waals surface area contributed by atoms with Gasteiger partial charge in [-0.3, -0.25) is 0 Å². The molecule has 0 atom stereocenters. The van der Waals surface area contributed by atoms with Crippen LogP contribution < -0.4 is 0 Å². The molecule has 21 heavy (non-hydrogen) atoms. The van der Waals surface area contributed by atoms with Crippen molar-refractivity contribution < 1.29 is 18.5 Å². The Morgan fingerprint density at radius 1 is 1.43 bits per heavy atom. The molecule has 0 spiro atoms. The van der Waals surface area contributed by atoms with Crippen LogP contribution in [-0.2, 0) is 11.3 Å². The number of ether oxygens (including phenoxy) is 1. The number of carbonyl (C=O) groups excluding carboxylic acids is 1. The molecular weight excluding hydrogens is 276 g/mol. The van der Waals surface area contributed by atoms with Gasteiger partial charge in [-0.15, -0.1) is 0 Å². The van der Waals surface area contributed by atoms with Crippen molar-refractivity contribution in [2.75, 3.05) is 7.11 Å². The van der Waals surface area contributed by atoms with Crippen molar-refractivity contribution in [1.82, 2.24) is 19.7 Å². The zero-order chi connectivity index (χ0) is 14.8. The first kappa shape index (κ1) is 13.1. The van der Waals surface area contributed by atoms with Gasteiger partial charge in [-0.25, -0.2) is 9.78 Å². The first-order valence-electron chi connectivity index (χ1n) is 6.14. The minimum Gasteiger partial charge on any atom is -0.472 e. The van der Waals surface area contributed by atoms with E-state index in [2.05, 4.69) is 19.9 Å². The van der Waals surface area contributed by atoms with E-state index >= 15 is 0 Å². The Hall–Kier alpha value is -2.90. The van der Waals surface area contributed by atoms with Crippen LogP contribution in [0.3, 0.4) is 0 Å². The molecule has 3 aromatic rings. The van der Waals surface area contributed by atoms with Crippen LogP contribution >= 0.6 is 0 Å². The monoisotopic (exact) mass is 288 g/mol. The van der Waals surface area contributed by atoms with Gasteiger partial charge in [0.05, 0.1) is 25.5 Å². The third-order valence-corrected chi connectivity index (χ3v) is 2.92. The summed E-state index contributed by atoms with van der Waals surface area (Å²) in [5.74, 6) is 1.03. The van der Waals surface area contributed by atoms with Crippen molar-refractivity contribution in [2.45, 2.75) is 13.5 Å². The van der Waals surface area contributed by atoms with Crippen molar-refractivity contribution in [3.05, 3.63) is 42.1 Å². The van der Waals surface area contributed by atoms with Gasteiger partial charge in [0, 0.05) is 6.20 Å². The molecular formula is C13H12N4O4. The van der Waals surface area contributed by atoms with E-state index in [4.69, 9.17) is 8.94 Å². The van der Waals surface area contributed by atoms with Crippen LogP contribution in [-0.4, -0.2) is 32.8 Å². The molecule has 0 N–H and O–H groups in total. The van der Waals surface area contributed by atoms with E-state index in [9.17, 15) is 4.79 Å². The first-order chi connectivity index (χ1) is 10.2. The average Bonchev–Trinajstić information content (AvgIpc) is 3.19. The molecule has 0 aromatic carbocycles. The second kappa shape index (κ2) is 5.23. The van der Waals surface area contributed by atoms with Crippen molar-refractivity contribution in [3.8, 4) is 11.5 Å². The first-order valence-corrected chi connectivity index (χ1v) is 6.14. The number of furan rings is 1. The molecule has 0 amide bonds. The highest BCUT2D eigenvalue weighted by molar-refractivity contribution is 5.86. The Balaban J connectivity index is 1.81. The Labute approximate surface area is 119 Å². The van der Waals surface area contributed by atoms with Gasteiger partial charge < -0.3 is 18.2 Å². The third-order valence-electron chi connectivity index (χ3n) is 2.92. The van der Waals surface area contributed by atoms with Gasteiger partial charge in [-0.2, -0.15) is 4.98 Å². The minimum atomic E-state index is -0.482. The second-order valence-electron chi connectivity index (χ2n) is 4.32. The molecule has 0 aliphatic heterocycles. The zero-order valence-corrected chi connectivity index (χ0v) is 11.4. The molecule has 8 nitrogen and oxygen atoms in total. The normalized spacial score (nSPS) is 10.8. The maximum absolute atomic E-state index is 11.4. The number of nitrogens with zero attached hydrogens (tertiary/aromatic N) is 4. The molecule has 0 aliphatic carbocycles. The Kier molecular flexibility index (Phi) is 3.27. The van der Waals surface area contributed by atoms with Crippen LogP contribution in [0, 0.1) is 6.92 Å². The van der Waals surface area contributed by atoms with Crippen molar-refractivity contribution >= 4 is 5.97 Å². The number of aryl methyl sites for hydroxylation is 1. The average molecular weight is 288 g/mol. The standard InChI is InChI=1S/C13H12N4O4/c1-8-14-10(13(18)19-2)5-17(8)6-11-15-12(21-16-11)9-3-4-20-7-9/h3-5,7H,6H2,1-2H3. The quantitative estimate of drug-likeness (QED) is 0.673. The lowest BCUT2D eigenvalue weighted by atomic mass is 10.3. The summed E-state index contributed by atoms with van der Waals surface area (Å²) in [4.78, 5) is 19.8. The topological polar surface area (TPSA) is 96.2 Å². The van der Waals surface area contributed by atoms with E-state index in [0.29, 0.717) is 29.6 Å². The van der Waals surface area contributed by atoms with Gasteiger partial charge in [0.2, 0.25) is 0 Å². The number of imidazole rings is 1. The summed E-state index contributed by atoms with van der Waals surface area (Å²) in [5, 5.41) is 3.89. The minimum absolute atomic E-state index is 0.244. The van der Waals surface area contributed by atoms with Gasteiger partial charge in [0.1, 0.15) is 12.1 Å². The number of carbonyl (C=O) groups is 1. The Morgan fingerprint density at radius 2 is 2.29 bits per heavy atom. The van der Waals surface area contributed by atoms with Crippen LogP contribution in [0.1, 0.15) is 22.1 Å². The summed E-state index contributed by atoms with van der Waals surface area (Å²) in [7, 11) is 1.31. The smallest absolute Gasteiger partial charge is 0.358 e. The fraction of sp³-hybridized carbons (Fsp3) is 0.231. The van der Waals surface area contributed by atoms with E-state index in [-0.39, 0.29) is 5.69 Å². The second-order valence-corrected chi connectivity index (χ2v) is 4.32. The van der Waals surface area contributed by atoms with Crippen LogP contribution in [0.4, 0.5) is 0 Å². The Bertz CT molecular complexity index is 757. The number of rotatable bonds is 4. The van der Waals surface area contributed by atoms with Gasteiger partial charge in [0.15, 0.2) is 11.5 Å². The van der Waals surface area contributed by atoms with Gasteiger partial charge in [-0.05, 0) is 13.0 Å². The molecule has 3 heterocycles. The Morgan fingerprint density at radius 3 is 3.00 bits per heavy atom. The molecule has 0 aliphatic rings. The predicted octanol–water partition coefficient (Wildman–Crippen LogP) is 1.67. The maximum Gasteiger partial charge on any atom is 0.358 e. The summed E-state index contributed by atoms with van der Waals surface area (Å²) in [6, 6.07) is 1.73. The molecule has 0 fully saturated rings. The van der Waals surface area contributed by atoms with Crippen molar-refractivity contribution in [3.63, 3.8) is 0 Å². The molecule has 0 saturated carbocycles. The number of methoxy groups -OCH3 is 1. The highest BCUT2D eigenvalue weighted by Crippen LogP contribution is 2.17. The maximum atomic E-state index is 11.4. The van der Waals surface area contributed by atoms with Gasteiger partial charge in [0.25, 0.3) is 5.89 Å². The summed E-state index contributed by atoms with van der Waals surface area (Å²) in [5.41, 5.74) is 0.958. The van der Waals surface area contributed by atoms with E-state index in [0.717, 1.165) is 0 Å². The van der Waals surface area contributed by atoms with Gasteiger partial charge in [-0.1, -0.05) is 5.16 Å². The number of aromatic nitrogens is 4. The fourth-order valence-corrected chi connectivity index (χ4v) is 1.85. The molecule has 8 heteroatoms. The summed E-state index contributed by atoms with van der Waals surface area (Å²) in [6.45, 7) is 2.13. The fourth-order valence-electron chi connectivity index (χ4n) is 1.85. The summed E-state index contributed by atoms with van der Waals surface area (Å²) >= 11 is 0. The molecule has 3 aromatic heterocycles. The molecule has 0 unspecified atom stereocenters. The van der Waals surface area contributed by atoms with Gasteiger partial charge >= 0.3 is 5.97 Å². The third kappa shape index (κ3) is 2.55. The van der Waals surface area contributed by atoms with E-state index in [1.807, 2.05) is 0 Å². The summed E-state index contributed by atoms with van der Waals surface area (Å²) in [6.07, 6.45) is 4.64.